The first-order valence-corrected chi connectivity index (χ1v) is 6.31. The minimum Gasteiger partial charge on any atom is -0.453 e. The summed E-state index contributed by atoms with van der Waals surface area (Å²) in [5, 5.41) is 1.07. The van der Waals surface area contributed by atoms with Crippen molar-refractivity contribution in [2.24, 2.45) is 0 Å². The Bertz CT molecular complexity index is 684. The molecule has 0 aliphatic carbocycles. The fourth-order valence-corrected chi connectivity index (χ4v) is 2.07. The van der Waals surface area contributed by atoms with Crippen molar-refractivity contribution in [2.45, 2.75) is 13.3 Å². The molecule has 0 unspecified atom stereocenters. The molecule has 0 aliphatic heterocycles. The summed E-state index contributed by atoms with van der Waals surface area (Å²) in [6.07, 6.45) is 2.30. The van der Waals surface area contributed by atoms with Crippen LogP contribution in [0.1, 0.15) is 11.5 Å². The normalized spacial score (nSPS) is 11.2. The van der Waals surface area contributed by atoms with Crippen LogP contribution < -0.4 is 0 Å². The highest BCUT2D eigenvalue weighted by Crippen LogP contribution is 2.28. The van der Waals surface area contributed by atoms with Crippen molar-refractivity contribution in [3.8, 4) is 11.5 Å². The SMILES string of the molecule is Cc1ccc2oc(-c3cnc(CCCl)o3)cc2c1. The number of oxazole rings is 1. The van der Waals surface area contributed by atoms with Gasteiger partial charge < -0.3 is 8.83 Å². The van der Waals surface area contributed by atoms with E-state index in [0.29, 0.717) is 29.7 Å². The molecule has 0 saturated heterocycles. The predicted molar refractivity (Wildman–Crippen MR) is 70.9 cm³/mol. The van der Waals surface area contributed by atoms with E-state index in [0.717, 1.165) is 11.0 Å². The summed E-state index contributed by atoms with van der Waals surface area (Å²) in [6.45, 7) is 2.05. The second-order valence-corrected chi connectivity index (χ2v) is 4.59. The van der Waals surface area contributed by atoms with Crippen molar-refractivity contribution in [2.75, 3.05) is 5.88 Å². The smallest absolute Gasteiger partial charge is 0.196 e. The van der Waals surface area contributed by atoms with Crippen LogP contribution in [0.2, 0.25) is 0 Å². The summed E-state index contributed by atoms with van der Waals surface area (Å²) in [5.41, 5.74) is 2.06. The number of hydrogen-bond acceptors (Lipinski definition) is 3. The molecule has 92 valence electrons. The second-order valence-electron chi connectivity index (χ2n) is 4.21. The zero-order chi connectivity index (χ0) is 12.5. The number of halogens is 1. The van der Waals surface area contributed by atoms with Crippen molar-refractivity contribution >= 4 is 22.6 Å². The van der Waals surface area contributed by atoms with Gasteiger partial charge in [-0.05, 0) is 25.1 Å². The summed E-state index contributed by atoms with van der Waals surface area (Å²) in [6, 6.07) is 8.03. The number of furan rings is 1. The Morgan fingerprint density at radius 3 is 2.89 bits per heavy atom. The van der Waals surface area contributed by atoms with Crippen LogP contribution in [0.5, 0.6) is 0 Å². The molecule has 3 nitrogen and oxygen atoms in total. The van der Waals surface area contributed by atoms with E-state index in [4.69, 9.17) is 20.4 Å². The zero-order valence-electron chi connectivity index (χ0n) is 9.94. The topological polar surface area (TPSA) is 39.2 Å². The van der Waals surface area contributed by atoms with Gasteiger partial charge in [0.15, 0.2) is 17.4 Å². The molecule has 0 atom stereocenters. The van der Waals surface area contributed by atoms with E-state index in [1.54, 1.807) is 6.20 Å². The van der Waals surface area contributed by atoms with Gasteiger partial charge in [0.05, 0.1) is 6.20 Å². The zero-order valence-corrected chi connectivity index (χ0v) is 10.7. The molecule has 3 rings (SSSR count). The van der Waals surface area contributed by atoms with Crippen LogP contribution in [-0.2, 0) is 6.42 Å². The van der Waals surface area contributed by atoms with Gasteiger partial charge in [0.2, 0.25) is 0 Å². The van der Waals surface area contributed by atoms with Crippen LogP contribution in [0.4, 0.5) is 0 Å². The molecule has 2 heterocycles. The monoisotopic (exact) mass is 261 g/mol. The lowest BCUT2D eigenvalue weighted by molar-refractivity contribution is 0.495. The van der Waals surface area contributed by atoms with Crippen molar-refractivity contribution < 1.29 is 8.83 Å². The largest absolute Gasteiger partial charge is 0.453 e. The maximum Gasteiger partial charge on any atom is 0.196 e. The Balaban J connectivity index is 2.02. The summed E-state index contributed by atoms with van der Waals surface area (Å²) < 4.78 is 11.3. The summed E-state index contributed by atoms with van der Waals surface area (Å²) in [4.78, 5) is 4.16. The molecule has 0 bridgehead atoms. The van der Waals surface area contributed by atoms with Gasteiger partial charge in [-0.3, -0.25) is 0 Å². The second kappa shape index (κ2) is 4.50. The number of nitrogens with zero attached hydrogens (tertiary/aromatic N) is 1. The molecule has 0 N–H and O–H groups in total. The number of aromatic nitrogens is 1. The Morgan fingerprint density at radius 1 is 1.17 bits per heavy atom. The van der Waals surface area contributed by atoms with E-state index in [-0.39, 0.29) is 0 Å². The summed E-state index contributed by atoms with van der Waals surface area (Å²) in [5.74, 6) is 2.48. The van der Waals surface area contributed by atoms with Crippen LogP contribution in [0.15, 0.2) is 39.3 Å². The lowest BCUT2D eigenvalue weighted by Gasteiger charge is -1.90. The van der Waals surface area contributed by atoms with Crippen LogP contribution in [0.25, 0.3) is 22.5 Å². The fraction of sp³-hybridized carbons (Fsp3) is 0.214. The van der Waals surface area contributed by atoms with Gasteiger partial charge in [-0.25, -0.2) is 4.98 Å². The molecule has 0 aliphatic rings. The van der Waals surface area contributed by atoms with Crippen molar-refractivity contribution in [3.05, 3.63) is 41.9 Å². The molecular weight excluding hydrogens is 250 g/mol. The standard InChI is InChI=1S/C14H12ClNO2/c1-9-2-3-11-10(6-9)7-12(17-11)13-8-16-14(18-13)4-5-15/h2-3,6-8H,4-5H2,1H3. The fourth-order valence-electron chi connectivity index (χ4n) is 1.90. The molecule has 0 fully saturated rings. The third-order valence-electron chi connectivity index (χ3n) is 2.78. The van der Waals surface area contributed by atoms with Crippen LogP contribution >= 0.6 is 11.6 Å². The molecule has 18 heavy (non-hydrogen) atoms. The number of hydrogen-bond donors (Lipinski definition) is 0. The quantitative estimate of drug-likeness (QED) is 0.664. The van der Waals surface area contributed by atoms with Gasteiger partial charge in [-0.15, -0.1) is 11.6 Å². The minimum absolute atomic E-state index is 0.499. The van der Waals surface area contributed by atoms with Gasteiger partial charge in [0.25, 0.3) is 0 Å². The molecule has 0 saturated carbocycles. The summed E-state index contributed by atoms with van der Waals surface area (Å²) >= 11 is 5.65. The lowest BCUT2D eigenvalue weighted by Crippen LogP contribution is -1.83. The highest BCUT2D eigenvalue weighted by atomic mass is 35.5. The average Bonchev–Trinajstić information content (AvgIpc) is 2.94. The molecule has 4 heteroatoms. The Hall–Kier alpha value is -1.74. The number of alkyl halides is 1. The highest BCUT2D eigenvalue weighted by molar-refractivity contribution is 6.17. The first-order valence-electron chi connectivity index (χ1n) is 5.77. The van der Waals surface area contributed by atoms with Gasteiger partial charge in [0.1, 0.15) is 5.58 Å². The Labute approximate surface area is 109 Å². The number of benzene rings is 1. The van der Waals surface area contributed by atoms with Crippen LogP contribution in [0.3, 0.4) is 0 Å². The van der Waals surface area contributed by atoms with E-state index in [1.165, 1.54) is 5.56 Å². The molecule has 1 aromatic carbocycles. The average molecular weight is 262 g/mol. The molecule has 0 amide bonds. The highest BCUT2D eigenvalue weighted by Gasteiger charge is 2.11. The maximum atomic E-state index is 5.73. The molecule has 2 aromatic heterocycles. The Kier molecular flexibility index (Phi) is 2.84. The molecule has 0 radical (unpaired) electrons. The van der Waals surface area contributed by atoms with Crippen molar-refractivity contribution in [1.82, 2.24) is 4.98 Å². The van der Waals surface area contributed by atoms with Crippen molar-refractivity contribution in [3.63, 3.8) is 0 Å². The van der Waals surface area contributed by atoms with E-state index in [1.807, 2.05) is 18.2 Å². The third kappa shape index (κ3) is 2.02. The number of rotatable bonds is 3. The van der Waals surface area contributed by atoms with Crippen molar-refractivity contribution in [1.29, 1.82) is 0 Å². The molecular formula is C14H12ClNO2. The van der Waals surface area contributed by atoms with Gasteiger partial charge in [-0.1, -0.05) is 11.6 Å². The van der Waals surface area contributed by atoms with Gasteiger partial charge in [-0.2, -0.15) is 0 Å². The first kappa shape index (κ1) is 11.4. The van der Waals surface area contributed by atoms with Gasteiger partial charge in [0, 0.05) is 17.7 Å². The molecule has 0 spiro atoms. The maximum absolute atomic E-state index is 5.73. The molecule has 3 aromatic rings. The third-order valence-corrected chi connectivity index (χ3v) is 2.97. The number of aryl methyl sites for hydroxylation is 2. The first-order chi connectivity index (χ1) is 8.76. The lowest BCUT2D eigenvalue weighted by atomic mass is 10.2. The Morgan fingerprint density at radius 2 is 2.06 bits per heavy atom. The predicted octanol–water partition coefficient (Wildman–Crippen LogP) is 4.18. The van der Waals surface area contributed by atoms with E-state index in [2.05, 4.69) is 18.0 Å². The van der Waals surface area contributed by atoms with E-state index >= 15 is 0 Å². The minimum atomic E-state index is 0.499. The van der Waals surface area contributed by atoms with Crippen LogP contribution in [-0.4, -0.2) is 10.9 Å². The van der Waals surface area contributed by atoms with Gasteiger partial charge >= 0.3 is 0 Å². The van der Waals surface area contributed by atoms with E-state index < -0.39 is 0 Å². The summed E-state index contributed by atoms with van der Waals surface area (Å²) in [7, 11) is 0. The van der Waals surface area contributed by atoms with E-state index in [9.17, 15) is 0 Å². The van der Waals surface area contributed by atoms with Crippen LogP contribution in [0, 0.1) is 6.92 Å². The number of fused-ring (bicyclic) bond motifs is 1.